The van der Waals surface area contributed by atoms with Crippen molar-refractivity contribution in [1.82, 2.24) is 14.5 Å². The average Bonchev–Trinajstić information content (AvgIpc) is 2.71. The second-order valence-corrected chi connectivity index (χ2v) is 5.86. The molecule has 3 nitrogen and oxygen atoms in total. The molecule has 1 aliphatic rings. The lowest BCUT2D eigenvalue weighted by molar-refractivity contribution is 0.893. The Bertz CT molecular complexity index is 776. The van der Waals surface area contributed by atoms with Crippen LogP contribution in [0.15, 0.2) is 41.6 Å². The van der Waals surface area contributed by atoms with Gasteiger partial charge in [0.1, 0.15) is 5.82 Å². The summed E-state index contributed by atoms with van der Waals surface area (Å²) in [6, 6.07) is 8.34. The summed E-state index contributed by atoms with van der Waals surface area (Å²) in [5.74, 6) is 2.21. The minimum Gasteiger partial charge on any atom is -0.301 e. The number of aryl methyl sites for hydroxylation is 2. The zero-order chi connectivity index (χ0) is 12.8. The number of nitrogens with zero attached hydrogens (tertiary/aromatic N) is 3. The summed E-state index contributed by atoms with van der Waals surface area (Å²) in [6.07, 6.45) is 5.08. The van der Waals surface area contributed by atoms with Gasteiger partial charge < -0.3 is 4.57 Å². The Labute approximate surface area is 115 Å². The molecule has 0 atom stereocenters. The molecule has 94 valence electrons. The van der Waals surface area contributed by atoms with E-state index in [-0.39, 0.29) is 0 Å². The summed E-state index contributed by atoms with van der Waals surface area (Å²) in [6.45, 7) is 2.04. The summed E-state index contributed by atoms with van der Waals surface area (Å²) in [7, 11) is 0. The van der Waals surface area contributed by atoms with E-state index in [4.69, 9.17) is 0 Å². The highest BCUT2D eigenvalue weighted by Crippen LogP contribution is 2.35. The third-order valence-corrected chi connectivity index (χ3v) is 4.56. The van der Waals surface area contributed by atoms with E-state index in [2.05, 4.69) is 38.9 Å². The fourth-order valence-electron chi connectivity index (χ4n) is 2.61. The SMILES string of the molecule is Cc1cn2c(n1)CCSc1c-2cnc2ccccc12. The van der Waals surface area contributed by atoms with Gasteiger partial charge in [0.05, 0.1) is 23.1 Å². The molecule has 0 saturated heterocycles. The molecule has 1 aromatic carbocycles. The fraction of sp³-hybridized carbons (Fsp3) is 0.200. The van der Waals surface area contributed by atoms with E-state index in [0.717, 1.165) is 34.9 Å². The molecule has 3 aromatic rings. The van der Waals surface area contributed by atoms with Crippen LogP contribution < -0.4 is 0 Å². The second kappa shape index (κ2) is 4.10. The third-order valence-electron chi connectivity index (χ3n) is 3.44. The molecule has 0 unspecified atom stereocenters. The lowest BCUT2D eigenvalue weighted by atomic mass is 10.2. The van der Waals surface area contributed by atoms with Gasteiger partial charge in [-0.3, -0.25) is 4.98 Å². The van der Waals surface area contributed by atoms with Crippen LogP contribution in [-0.2, 0) is 6.42 Å². The van der Waals surface area contributed by atoms with Gasteiger partial charge in [0, 0.05) is 28.7 Å². The highest BCUT2D eigenvalue weighted by Gasteiger charge is 2.18. The summed E-state index contributed by atoms with van der Waals surface area (Å²) in [5.41, 5.74) is 3.30. The predicted octanol–water partition coefficient (Wildman–Crippen LogP) is 3.38. The van der Waals surface area contributed by atoms with Gasteiger partial charge >= 0.3 is 0 Å². The quantitative estimate of drug-likeness (QED) is 0.625. The summed E-state index contributed by atoms with van der Waals surface area (Å²) in [4.78, 5) is 10.5. The molecule has 0 radical (unpaired) electrons. The summed E-state index contributed by atoms with van der Waals surface area (Å²) in [5, 5.41) is 1.24. The monoisotopic (exact) mass is 267 g/mol. The number of benzene rings is 1. The Morgan fingerprint density at radius 2 is 2.16 bits per heavy atom. The number of thioether (sulfide) groups is 1. The van der Waals surface area contributed by atoms with E-state index >= 15 is 0 Å². The lowest BCUT2D eigenvalue weighted by Gasteiger charge is -2.10. The zero-order valence-electron chi connectivity index (χ0n) is 10.6. The summed E-state index contributed by atoms with van der Waals surface area (Å²) >= 11 is 1.91. The van der Waals surface area contributed by atoms with E-state index < -0.39 is 0 Å². The van der Waals surface area contributed by atoms with Gasteiger partial charge in [0.2, 0.25) is 0 Å². The largest absolute Gasteiger partial charge is 0.301 e. The Balaban J connectivity index is 2.08. The molecule has 19 heavy (non-hydrogen) atoms. The molecular weight excluding hydrogens is 254 g/mol. The lowest BCUT2D eigenvalue weighted by Crippen LogP contribution is -2.00. The number of hydrogen-bond donors (Lipinski definition) is 0. The van der Waals surface area contributed by atoms with Crippen LogP contribution in [0.5, 0.6) is 0 Å². The minimum absolute atomic E-state index is 1.00. The first-order valence-corrected chi connectivity index (χ1v) is 7.37. The van der Waals surface area contributed by atoms with Crippen molar-refractivity contribution in [1.29, 1.82) is 0 Å². The molecule has 3 heterocycles. The Hall–Kier alpha value is -1.81. The first-order valence-electron chi connectivity index (χ1n) is 6.39. The van der Waals surface area contributed by atoms with E-state index in [1.54, 1.807) is 0 Å². The normalized spacial score (nSPS) is 13.9. The van der Waals surface area contributed by atoms with E-state index in [0.29, 0.717) is 0 Å². The van der Waals surface area contributed by atoms with Gasteiger partial charge in [-0.15, -0.1) is 11.8 Å². The van der Waals surface area contributed by atoms with Crippen molar-refractivity contribution in [2.45, 2.75) is 18.2 Å². The maximum absolute atomic E-state index is 4.61. The summed E-state index contributed by atoms with van der Waals surface area (Å²) < 4.78 is 2.20. The fourth-order valence-corrected chi connectivity index (χ4v) is 3.72. The zero-order valence-corrected chi connectivity index (χ0v) is 11.4. The maximum atomic E-state index is 4.61. The predicted molar refractivity (Wildman–Crippen MR) is 78.0 cm³/mol. The number of pyridine rings is 1. The molecule has 4 heteroatoms. The van der Waals surface area contributed by atoms with Crippen LogP contribution in [0.4, 0.5) is 0 Å². The molecular formula is C15H13N3S. The highest BCUT2D eigenvalue weighted by atomic mass is 32.2. The molecule has 4 rings (SSSR count). The van der Waals surface area contributed by atoms with Crippen molar-refractivity contribution in [3.05, 3.63) is 48.2 Å². The van der Waals surface area contributed by atoms with Crippen LogP contribution in [0.1, 0.15) is 11.5 Å². The molecule has 0 spiro atoms. The van der Waals surface area contributed by atoms with Gasteiger partial charge in [-0.2, -0.15) is 0 Å². The first-order chi connectivity index (χ1) is 9.33. The molecule has 1 aliphatic heterocycles. The number of aromatic nitrogens is 3. The maximum Gasteiger partial charge on any atom is 0.114 e. The van der Waals surface area contributed by atoms with E-state index in [1.807, 2.05) is 30.9 Å². The Morgan fingerprint density at radius 1 is 1.26 bits per heavy atom. The standard InChI is InChI=1S/C15H13N3S/c1-10-9-18-13-8-16-12-5-3-2-4-11(12)15(13)19-7-6-14(18)17-10/h2-5,8-9H,6-7H2,1H3. The minimum atomic E-state index is 1.00. The van der Waals surface area contributed by atoms with Gasteiger partial charge in [-0.25, -0.2) is 4.98 Å². The highest BCUT2D eigenvalue weighted by molar-refractivity contribution is 7.99. The van der Waals surface area contributed by atoms with Gasteiger partial charge in [0.15, 0.2) is 0 Å². The first kappa shape index (κ1) is 11.1. The topological polar surface area (TPSA) is 30.7 Å². The third kappa shape index (κ3) is 1.67. The van der Waals surface area contributed by atoms with Crippen molar-refractivity contribution in [3.8, 4) is 5.69 Å². The average molecular weight is 267 g/mol. The molecule has 0 bridgehead atoms. The number of fused-ring (bicyclic) bond motifs is 5. The number of rotatable bonds is 0. The van der Waals surface area contributed by atoms with Gasteiger partial charge in [-0.1, -0.05) is 18.2 Å². The molecule has 0 N–H and O–H groups in total. The van der Waals surface area contributed by atoms with Crippen molar-refractivity contribution >= 4 is 22.7 Å². The molecule has 0 saturated carbocycles. The van der Waals surface area contributed by atoms with E-state index in [1.165, 1.54) is 10.3 Å². The van der Waals surface area contributed by atoms with E-state index in [9.17, 15) is 0 Å². The van der Waals surface area contributed by atoms with Crippen molar-refractivity contribution < 1.29 is 0 Å². The number of para-hydroxylation sites is 1. The Kier molecular flexibility index (Phi) is 2.38. The van der Waals surface area contributed by atoms with Crippen LogP contribution >= 0.6 is 11.8 Å². The molecule has 0 aliphatic carbocycles. The molecule has 2 aromatic heterocycles. The van der Waals surface area contributed by atoms with Crippen LogP contribution in [0.25, 0.3) is 16.6 Å². The molecule has 0 fully saturated rings. The Morgan fingerprint density at radius 3 is 3.11 bits per heavy atom. The van der Waals surface area contributed by atoms with Crippen molar-refractivity contribution in [2.24, 2.45) is 0 Å². The van der Waals surface area contributed by atoms with Crippen molar-refractivity contribution in [3.63, 3.8) is 0 Å². The van der Waals surface area contributed by atoms with Gasteiger partial charge in [0.25, 0.3) is 0 Å². The van der Waals surface area contributed by atoms with Crippen molar-refractivity contribution in [2.75, 3.05) is 5.75 Å². The van der Waals surface area contributed by atoms with Crippen LogP contribution in [0.3, 0.4) is 0 Å². The molecule has 0 amide bonds. The second-order valence-electron chi connectivity index (χ2n) is 4.76. The smallest absolute Gasteiger partial charge is 0.114 e. The van der Waals surface area contributed by atoms with Crippen LogP contribution in [-0.4, -0.2) is 20.3 Å². The van der Waals surface area contributed by atoms with Crippen LogP contribution in [0, 0.1) is 6.92 Å². The van der Waals surface area contributed by atoms with Crippen LogP contribution in [0.2, 0.25) is 0 Å². The number of imidazole rings is 1. The van der Waals surface area contributed by atoms with Gasteiger partial charge in [-0.05, 0) is 13.0 Å². The number of hydrogen-bond acceptors (Lipinski definition) is 3.